The average molecular weight is 450 g/mol. The van der Waals surface area contributed by atoms with Crippen LogP contribution >= 0.6 is 0 Å². The van der Waals surface area contributed by atoms with E-state index in [0.717, 1.165) is 54.5 Å². The van der Waals surface area contributed by atoms with Crippen LogP contribution in [0.2, 0.25) is 0 Å². The van der Waals surface area contributed by atoms with Gasteiger partial charge in [0, 0.05) is 23.7 Å². The first-order valence-electron chi connectivity index (χ1n) is 11.4. The van der Waals surface area contributed by atoms with Crippen molar-refractivity contribution >= 4 is 5.91 Å². The van der Waals surface area contributed by atoms with Gasteiger partial charge in [-0.15, -0.1) is 0 Å². The minimum absolute atomic E-state index is 0.0190. The molecular formula is C26H31N3O4. The van der Waals surface area contributed by atoms with Crippen molar-refractivity contribution < 1.29 is 18.8 Å². The van der Waals surface area contributed by atoms with Crippen molar-refractivity contribution in [3.8, 4) is 22.8 Å². The van der Waals surface area contributed by atoms with Gasteiger partial charge in [0.25, 0.3) is 5.91 Å². The molecule has 0 unspecified atom stereocenters. The summed E-state index contributed by atoms with van der Waals surface area (Å²) >= 11 is 0. The third-order valence-corrected chi connectivity index (χ3v) is 6.33. The van der Waals surface area contributed by atoms with Gasteiger partial charge in [-0.1, -0.05) is 30.3 Å². The Hall–Kier alpha value is -3.32. The minimum Gasteiger partial charge on any atom is -0.497 e. The zero-order valence-electron chi connectivity index (χ0n) is 19.4. The van der Waals surface area contributed by atoms with Crippen LogP contribution in [0.15, 0.2) is 59.1 Å². The number of likely N-dealkylation sites (tertiary alicyclic amines) is 1. The summed E-state index contributed by atoms with van der Waals surface area (Å²) in [6.45, 7) is 4.73. The Morgan fingerprint density at radius 3 is 2.55 bits per heavy atom. The van der Waals surface area contributed by atoms with Crippen LogP contribution in [0.1, 0.15) is 41.9 Å². The molecule has 2 heterocycles. The van der Waals surface area contributed by atoms with E-state index in [0.29, 0.717) is 12.3 Å². The highest BCUT2D eigenvalue weighted by molar-refractivity contribution is 5.93. The molecule has 7 nitrogen and oxygen atoms in total. The van der Waals surface area contributed by atoms with E-state index in [-0.39, 0.29) is 17.6 Å². The maximum Gasteiger partial charge on any atom is 0.273 e. The van der Waals surface area contributed by atoms with E-state index in [9.17, 15) is 4.79 Å². The Balaban J connectivity index is 1.48. The van der Waals surface area contributed by atoms with Crippen LogP contribution in [0.4, 0.5) is 0 Å². The van der Waals surface area contributed by atoms with Crippen molar-refractivity contribution in [2.24, 2.45) is 5.92 Å². The van der Waals surface area contributed by atoms with Crippen LogP contribution < -0.4 is 14.8 Å². The van der Waals surface area contributed by atoms with Crippen molar-refractivity contribution in [3.63, 3.8) is 0 Å². The SMILES string of the molecule is COc1ccc(-c2cc(C(=O)NC[C@H](c3ccccc3OC)N3CCC(C)CC3)no2)cc1. The second kappa shape index (κ2) is 10.5. The number of carbonyl (C=O) groups is 1. The molecule has 4 rings (SSSR count). The highest BCUT2D eigenvalue weighted by Crippen LogP contribution is 2.32. The number of para-hydroxylation sites is 1. The molecule has 2 aromatic carbocycles. The second-order valence-electron chi connectivity index (χ2n) is 8.49. The van der Waals surface area contributed by atoms with Crippen molar-refractivity contribution in [2.45, 2.75) is 25.8 Å². The molecule has 1 amide bonds. The zero-order chi connectivity index (χ0) is 23.2. The molecule has 1 aliphatic rings. The van der Waals surface area contributed by atoms with E-state index in [2.05, 4.69) is 28.4 Å². The number of rotatable bonds is 8. The molecule has 0 radical (unpaired) electrons. The van der Waals surface area contributed by atoms with Gasteiger partial charge in [-0.05, 0) is 62.2 Å². The van der Waals surface area contributed by atoms with Gasteiger partial charge in [0.15, 0.2) is 11.5 Å². The van der Waals surface area contributed by atoms with Gasteiger partial charge in [-0.3, -0.25) is 9.69 Å². The molecule has 1 saturated heterocycles. The highest BCUT2D eigenvalue weighted by Gasteiger charge is 2.27. The van der Waals surface area contributed by atoms with Crippen LogP contribution in [-0.4, -0.2) is 49.8 Å². The monoisotopic (exact) mass is 449 g/mol. The van der Waals surface area contributed by atoms with Gasteiger partial charge in [0.05, 0.1) is 20.3 Å². The van der Waals surface area contributed by atoms with Gasteiger partial charge in [-0.2, -0.15) is 0 Å². The summed E-state index contributed by atoms with van der Waals surface area (Å²) < 4.78 is 16.2. The quantitative estimate of drug-likeness (QED) is 0.543. The Labute approximate surface area is 194 Å². The fourth-order valence-corrected chi connectivity index (χ4v) is 4.27. The fourth-order valence-electron chi connectivity index (χ4n) is 4.27. The summed E-state index contributed by atoms with van der Waals surface area (Å²) in [6, 6.07) is 17.1. The predicted molar refractivity (Wildman–Crippen MR) is 127 cm³/mol. The van der Waals surface area contributed by atoms with Crippen molar-refractivity contribution in [1.82, 2.24) is 15.4 Å². The van der Waals surface area contributed by atoms with Crippen molar-refractivity contribution in [2.75, 3.05) is 33.9 Å². The molecule has 1 aromatic heterocycles. The van der Waals surface area contributed by atoms with Crippen LogP contribution in [0.3, 0.4) is 0 Å². The Kier molecular flexibility index (Phi) is 7.29. The number of carbonyl (C=O) groups excluding carboxylic acids is 1. The lowest BCUT2D eigenvalue weighted by Crippen LogP contribution is -2.42. The van der Waals surface area contributed by atoms with E-state index >= 15 is 0 Å². The maximum atomic E-state index is 12.9. The van der Waals surface area contributed by atoms with Crippen molar-refractivity contribution in [1.29, 1.82) is 0 Å². The Morgan fingerprint density at radius 1 is 1.12 bits per heavy atom. The molecule has 1 N–H and O–H groups in total. The molecule has 1 atom stereocenters. The Morgan fingerprint density at radius 2 is 1.85 bits per heavy atom. The number of ether oxygens (including phenoxy) is 2. The minimum atomic E-state index is -0.260. The van der Waals surface area contributed by atoms with Gasteiger partial charge in [0.2, 0.25) is 0 Å². The number of hydrogen-bond acceptors (Lipinski definition) is 6. The summed E-state index contributed by atoms with van der Waals surface area (Å²) in [5.74, 6) is 2.59. The van der Waals surface area contributed by atoms with Crippen LogP contribution in [0.5, 0.6) is 11.5 Å². The summed E-state index contributed by atoms with van der Waals surface area (Å²) in [4.78, 5) is 15.3. The summed E-state index contributed by atoms with van der Waals surface area (Å²) in [6.07, 6.45) is 2.29. The third kappa shape index (κ3) is 5.37. The van der Waals surface area contributed by atoms with Crippen molar-refractivity contribution in [3.05, 3.63) is 65.9 Å². The standard InChI is InChI=1S/C26H31N3O4/c1-18-12-14-29(15-13-18)23(21-6-4-5-7-24(21)32-3)17-27-26(30)22-16-25(33-28-22)19-8-10-20(31-2)11-9-19/h4-11,16,18,23H,12-15,17H2,1-3H3,(H,27,30)/t23-/m1/s1. The zero-order valence-corrected chi connectivity index (χ0v) is 19.4. The van der Waals surface area contributed by atoms with Gasteiger partial charge in [0.1, 0.15) is 11.5 Å². The van der Waals surface area contributed by atoms with Crippen LogP contribution in [0.25, 0.3) is 11.3 Å². The number of benzene rings is 2. The van der Waals surface area contributed by atoms with Crippen LogP contribution in [0, 0.1) is 5.92 Å². The third-order valence-electron chi connectivity index (χ3n) is 6.33. The first-order chi connectivity index (χ1) is 16.1. The van der Waals surface area contributed by atoms with E-state index in [1.807, 2.05) is 42.5 Å². The lowest BCUT2D eigenvalue weighted by atomic mass is 9.95. The van der Waals surface area contributed by atoms with Crippen LogP contribution in [-0.2, 0) is 0 Å². The second-order valence-corrected chi connectivity index (χ2v) is 8.49. The fraction of sp³-hybridized carbons (Fsp3) is 0.385. The first-order valence-corrected chi connectivity index (χ1v) is 11.4. The number of aromatic nitrogens is 1. The lowest BCUT2D eigenvalue weighted by Gasteiger charge is -2.37. The molecular weight excluding hydrogens is 418 g/mol. The van der Waals surface area contributed by atoms with Gasteiger partial charge >= 0.3 is 0 Å². The molecule has 0 aliphatic carbocycles. The summed E-state index contributed by atoms with van der Waals surface area (Å²) in [7, 11) is 3.30. The van der Waals surface area contributed by atoms with Gasteiger partial charge in [-0.25, -0.2) is 0 Å². The molecule has 1 fully saturated rings. The van der Waals surface area contributed by atoms with E-state index in [1.54, 1.807) is 20.3 Å². The molecule has 33 heavy (non-hydrogen) atoms. The molecule has 0 spiro atoms. The van der Waals surface area contributed by atoms with Gasteiger partial charge < -0.3 is 19.3 Å². The molecule has 1 aliphatic heterocycles. The largest absolute Gasteiger partial charge is 0.497 e. The molecule has 0 saturated carbocycles. The number of methoxy groups -OCH3 is 2. The summed E-state index contributed by atoms with van der Waals surface area (Å²) in [5, 5.41) is 7.05. The summed E-state index contributed by atoms with van der Waals surface area (Å²) in [5.41, 5.74) is 2.16. The number of amides is 1. The average Bonchev–Trinajstić information content (AvgIpc) is 3.36. The number of nitrogens with one attached hydrogen (secondary N) is 1. The topological polar surface area (TPSA) is 76.8 Å². The highest BCUT2D eigenvalue weighted by atomic mass is 16.5. The first kappa shape index (κ1) is 22.9. The number of piperidine rings is 1. The van der Waals surface area contributed by atoms with E-state index < -0.39 is 0 Å². The molecule has 174 valence electrons. The normalized spacial score (nSPS) is 15.7. The predicted octanol–water partition coefficient (Wildman–Crippen LogP) is 4.56. The smallest absolute Gasteiger partial charge is 0.273 e. The lowest BCUT2D eigenvalue weighted by molar-refractivity contribution is 0.0902. The number of hydrogen-bond donors (Lipinski definition) is 1. The molecule has 7 heteroatoms. The molecule has 0 bridgehead atoms. The van der Waals surface area contributed by atoms with E-state index in [4.69, 9.17) is 14.0 Å². The van der Waals surface area contributed by atoms with E-state index in [1.165, 1.54) is 0 Å². The molecule has 3 aromatic rings. The number of nitrogens with zero attached hydrogens (tertiary/aromatic N) is 2. The Bertz CT molecular complexity index is 1060. The maximum absolute atomic E-state index is 12.9.